The van der Waals surface area contributed by atoms with Crippen molar-refractivity contribution in [3.8, 4) is 5.69 Å². The summed E-state index contributed by atoms with van der Waals surface area (Å²) in [4.78, 5) is 28.6. The molecular formula is C22H15F3N3O2+. The summed E-state index contributed by atoms with van der Waals surface area (Å²) in [6, 6.07) is 14.6. The fourth-order valence-electron chi connectivity index (χ4n) is 3.26. The zero-order chi connectivity index (χ0) is 21.3. The van der Waals surface area contributed by atoms with Crippen LogP contribution in [0.4, 0.5) is 13.2 Å². The number of nitrogens with zero attached hydrogens (tertiary/aromatic N) is 3. The monoisotopic (exact) mass is 410 g/mol. The third-order valence-electron chi connectivity index (χ3n) is 4.67. The predicted molar refractivity (Wildman–Crippen MR) is 103 cm³/mol. The van der Waals surface area contributed by atoms with Gasteiger partial charge >= 0.3 is 6.18 Å². The summed E-state index contributed by atoms with van der Waals surface area (Å²) in [7, 11) is 0. The molecule has 0 radical (unpaired) electrons. The molecule has 0 unspecified atom stereocenters. The Hall–Kier alpha value is -3.81. The Labute approximate surface area is 168 Å². The van der Waals surface area contributed by atoms with Crippen LogP contribution in [-0.2, 0) is 12.7 Å². The Balaban J connectivity index is 1.98. The van der Waals surface area contributed by atoms with E-state index in [-0.39, 0.29) is 23.4 Å². The number of carbonyl (C=O) groups is 1. The molecule has 0 fully saturated rings. The van der Waals surface area contributed by atoms with Crippen LogP contribution in [0.25, 0.3) is 16.6 Å². The number of pyridine rings is 1. The highest BCUT2D eigenvalue weighted by Gasteiger charge is 2.34. The van der Waals surface area contributed by atoms with E-state index in [2.05, 4.69) is 4.98 Å². The number of para-hydroxylation sites is 2. The summed E-state index contributed by atoms with van der Waals surface area (Å²) in [5, 5.41) is 0.222. The van der Waals surface area contributed by atoms with Crippen molar-refractivity contribution in [2.45, 2.75) is 12.7 Å². The average Bonchev–Trinajstić information content (AvgIpc) is 2.74. The zero-order valence-electron chi connectivity index (χ0n) is 15.5. The second kappa shape index (κ2) is 7.55. The van der Waals surface area contributed by atoms with Crippen LogP contribution >= 0.6 is 0 Å². The van der Waals surface area contributed by atoms with Gasteiger partial charge in [-0.05, 0) is 24.3 Å². The Morgan fingerprint density at radius 2 is 1.63 bits per heavy atom. The Morgan fingerprint density at radius 3 is 2.33 bits per heavy atom. The number of carbonyl (C=O) groups excluding carboxylic acids is 1. The molecule has 0 atom stereocenters. The molecule has 2 aromatic heterocycles. The van der Waals surface area contributed by atoms with Crippen molar-refractivity contribution in [2.24, 2.45) is 0 Å². The van der Waals surface area contributed by atoms with E-state index in [1.54, 1.807) is 47.3 Å². The second-order valence-electron chi connectivity index (χ2n) is 6.62. The topological polar surface area (TPSA) is 55.8 Å². The number of rotatable bonds is 4. The summed E-state index contributed by atoms with van der Waals surface area (Å²) in [6.07, 6.45) is -0.748. The standard InChI is InChI=1S/C22H15F3N3O2/c23-22(24,25)17-6-2-4-8-19(17)28-20(13-27-11-9-15(14-29)10-12-27)26-18-7-3-1-5-16(18)21(28)30/h1-12,14H,13H2/q+1. The molecule has 150 valence electrons. The van der Waals surface area contributed by atoms with Crippen molar-refractivity contribution >= 4 is 17.2 Å². The lowest BCUT2D eigenvalue weighted by Crippen LogP contribution is -2.38. The molecule has 2 heterocycles. The number of hydrogen-bond acceptors (Lipinski definition) is 3. The Kier molecular flexibility index (Phi) is 4.91. The van der Waals surface area contributed by atoms with Crippen LogP contribution in [-0.4, -0.2) is 15.8 Å². The normalized spacial score (nSPS) is 11.6. The summed E-state index contributed by atoms with van der Waals surface area (Å²) in [6.45, 7) is 0.0331. The first kappa shape index (κ1) is 19.5. The fourth-order valence-corrected chi connectivity index (χ4v) is 3.26. The number of hydrogen-bond donors (Lipinski definition) is 0. The maximum absolute atomic E-state index is 13.6. The minimum Gasteiger partial charge on any atom is -0.298 e. The van der Waals surface area contributed by atoms with Crippen molar-refractivity contribution in [1.82, 2.24) is 9.55 Å². The summed E-state index contributed by atoms with van der Waals surface area (Å²) < 4.78 is 43.6. The minimum atomic E-state index is -4.64. The van der Waals surface area contributed by atoms with Crippen LogP contribution in [0.2, 0.25) is 0 Å². The van der Waals surface area contributed by atoms with Gasteiger partial charge in [-0.15, -0.1) is 0 Å². The lowest BCUT2D eigenvalue weighted by molar-refractivity contribution is -0.689. The third-order valence-corrected chi connectivity index (χ3v) is 4.67. The van der Waals surface area contributed by atoms with E-state index in [0.29, 0.717) is 17.4 Å². The molecule has 5 nitrogen and oxygen atoms in total. The van der Waals surface area contributed by atoms with Crippen molar-refractivity contribution in [3.05, 3.63) is 100 Å². The highest BCUT2D eigenvalue weighted by Crippen LogP contribution is 2.33. The van der Waals surface area contributed by atoms with E-state index in [4.69, 9.17) is 0 Å². The number of alkyl halides is 3. The molecule has 4 aromatic rings. The molecule has 0 aliphatic heterocycles. The average molecular weight is 410 g/mol. The van der Waals surface area contributed by atoms with E-state index in [9.17, 15) is 22.8 Å². The van der Waals surface area contributed by atoms with Gasteiger partial charge in [0.1, 0.15) is 0 Å². The second-order valence-corrected chi connectivity index (χ2v) is 6.62. The van der Waals surface area contributed by atoms with E-state index >= 15 is 0 Å². The first-order valence-corrected chi connectivity index (χ1v) is 9.00. The van der Waals surface area contributed by atoms with Gasteiger partial charge in [-0.2, -0.15) is 17.7 Å². The molecule has 30 heavy (non-hydrogen) atoms. The van der Waals surface area contributed by atoms with Gasteiger partial charge < -0.3 is 0 Å². The molecule has 0 aliphatic carbocycles. The summed E-state index contributed by atoms with van der Waals surface area (Å²) >= 11 is 0. The van der Waals surface area contributed by atoms with Crippen molar-refractivity contribution in [1.29, 1.82) is 0 Å². The Morgan fingerprint density at radius 1 is 0.967 bits per heavy atom. The van der Waals surface area contributed by atoms with Gasteiger partial charge in [-0.25, -0.2) is 4.98 Å². The molecular weight excluding hydrogens is 395 g/mol. The predicted octanol–water partition coefficient (Wildman–Crippen LogP) is 3.55. The maximum atomic E-state index is 13.6. The van der Waals surface area contributed by atoms with Gasteiger partial charge in [0.15, 0.2) is 24.5 Å². The van der Waals surface area contributed by atoms with Crippen molar-refractivity contribution in [2.75, 3.05) is 0 Å². The third kappa shape index (κ3) is 3.59. The van der Waals surface area contributed by atoms with E-state index in [0.717, 1.165) is 10.6 Å². The van der Waals surface area contributed by atoms with Crippen LogP contribution in [0, 0.1) is 0 Å². The molecule has 2 aromatic carbocycles. The largest absolute Gasteiger partial charge is 0.418 e. The number of fused-ring (bicyclic) bond motifs is 1. The lowest BCUT2D eigenvalue weighted by Gasteiger charge is -2.17. The molecule has 0 spiro atoms. The van der Waals surface area contributed by atoms with Crippen LogP contribution < -0.4 is 10.1 Å². The van der Waals surface area contributed by atoms with Crippen molar-refractivity contribution < 1.29 is 22.5 Å². The molecule has 0 saturated heterocycles. The van der Waals surface area contributed by atoms with Gasteiger partial charge in [0.25, 0.3) is 5.56 Å². The highest BCUT2D eigenvalue weighted by atomic mass is 19.4. The van der Waals surface area contributed by atoms with Crippen LogP contribution in [0.15, 0.2) is 77.9 Å². The molecule has 0 bridgehead atoms. The summed E-state index contributed by atoms with van der Waals surface area (Å²) in [5.74, 6) is 0.138. The van der Waals surface area contributed by atoms with E-state index in [1.807, 2.05) is 0 Å². The summed E-state index contributed by atoms with van der Waals surface area (Å²) in [5.41, 5.74) is -0.946. The number of aromatic nitrogens is 3. The first-order chi connectivity index (χ1) is 14.4. The van der Waals surface area contributed by atoms with Crippen LogP contribution in [0.5, 0.6) is 0 Å². The smallest absolute Gasteiger partial charge is 0.298 e. The van der Waals surface area contributed by atoms with Crippen LogP contribution in [0.1, 0.15) is 21.7 Å². The minimum absolute atomic E-state index is 0.0331. The number of halogens is 3. The van der Waals surface area contributed by atoms with E-state index < -0.39 is 17.3 Å². The molecule has 0 aliphatic rings. The number of benzene rings is 2. The zero-order valence-corrected chi connectivity index (χ0v) is 15.5. The molecule has 0 amide bonds. The van der Waals surface area contributed by atoms with Gasteiger partial charge in [0.05, 0.1) is 22.2 Å². The molecule has 8 heteroatoms. The number of aldehydes is 1. The van der Waals surface area contributed by atoms with Gasteiger partial charge in [-0.3, -0.25) is 14.2 Å². The SMILES string of the molecule is O=Cc1cc[n+](Cc2nc3ccccc3c(=O)n2-c2ccccc2C(F)(F)F)cc1. The van der Waals surface area contributed by atoms with Crippen molar-refractivity contribution in [3.63, 3.8) is 0 Å². The molecule has 0 saturated carbocycles. The lowest BCUT2D eigenvalue weighted by atomic mass is 10.1. The van der Waals surface area contributed by atoms with Crippen LogP contribution in [0.3, 0.4) is 0 Å². The van der Waals surface area contributed by atoms with Gasteiger partial charge in [0, 0.05) is 17.7 Å². The maximum Gasteiger partial charge on any atom is 0.418 e. The molecule has 4 rings (SSSR count). The quantitative estimate of drug-likeness (QED) is 0.382. The first-order valence-electron chi connectivity index (χ1n) is 9.00. The van der Waals surface area contributed by atoms with Gasteiger partial charge in [0.2, 0.25) is 6.54 Å². The van der Waals surface area contributed by atoms with E-state index in [1.165, 1.54) is 24.3 Å². The molecule has 0 N–H and O–H groups in total. The van der Waals surface area contributed by atoms with Gasteiger partial charge in [-0.1, -0.05) is 24.3 Å². The Bertz CT molecular complexity index is 1300. The highest BCUT2D eigenvalue weighted by molar-refractivity contribution is 5.78. The fraction of sp³-hybridized carbons (Fsp3) is 0.0909.